The lowest BCUT2D eigenvalue weighted by molar-refractivity contribution is 1.29. The summed E-state index contributed by atoms with van der Waals surface area (Å²) in [5, 5.41) is 10.0. The summed E-state index contributed by atoms with van der Waals surface area (Å²) in [7, 11) is 0. The fourth-order valence-electron chi connectivity index (χ4n) is 6.67. The van der Waals surface area contributed by atoms with Gasteiger partial charge in [0.05, 0.1) is 22.4 Å². The van der Waals surface area contributed by atoms with E-state index in [0.717, 1.165) is 39.1 Å². The summed E-state index contributed by atoms with van der Waals surface area (Å²) in [5.41, 5.74) is 8.00. The van der Waals surface area contributed by atoms with Crippen LogP contribution >= 0.6 is 0 Å². The van der Waals surface area contributed by atoms with E-state index in [1.54, 1.807) is 0 Å². The summed E-state index contributed by atoms with van der Waals surface area (Å²) in [6.45, 7) is 0. The normalized spacial score (nSPS) is 11.6. The van der Waals surface area contributed by atoms with Gasteiger partial charge in [0.15, 0.2) is 0 Å². The highest BCUT2D eigenvalue weighted by molar-refractivity contribution is 6.25. The van der Waals surface area contributed by atoms with E-state index in [1.807, 2.05) is 24.3 Å². The van der Waals surface area contributed by atoms with Gasteiger partial charge < -0.3 is 0 Å². The third-order valence-electron chi connectivity index (χ3n) is 8.81. The lowest BCUT2D eigenvalue weighted by Gasteiger charge is -2.14. The van der Waals surface area contributed by atoms with Crippen molar-refractivity contribution in [1.82, 2.24) is 9.97 Å². The monoisotopic (exact) mass is 558 g/mol. The average Bonchev–Trinajstić information content (AvgIpc) is 3.10. The van der Waals surface area contributed by atoms with Gasteiger partial charge in [0.25, 0.3) is 0 Å². The Morgan fingerprint density at radius 1 is 0.295 bits per heavy atom. The summed E-state index contributed by atoms with van der Waals surface area (Å²) >= 11 is 0. The topological polar surface area (TPSA) is 25.8 Å². The van der Waals surface area contributed by atoms with Crippen molar-refractivity contribution in [2.45, 2.75) is 0 Å². The van der Waals surface area contributed by atoms with Crippen molar-refractivity contribution in [2.75, 3.05) is 0 Å². The molecule has 2 nitrogen and oxygen atoms in total. The van der Waals surface area contributed by atoms with Gasteiger partial charge >= 0.3 is 0 Å². The first kappa shape index (κ1) is 24.7. The summed E-state index contributed by atoms with van der Waals surface area (Å²) in [6.07, 6.45) is 0. The van der Waals surface area contributed by atoms with Crippen molar-refractivity contribution in [1.29, 1.82) is 0 Å². The SMILES string of the molecule is c1ccc(-c2cccc(-c3nc4ccccc4nc3-c3ccc4ccc5ccc6c7ccccc7ccc6c5c4c3)c2)cc1. The smallest absolute Gasteiger partial charge is 0.0973 e. The molecular weight excluding hydrogens is 532 g/mol. The van der Waals surface area contributed by atoms with Crippen LogP contribution in [0, 0.1) is 0 Å². The second-order valence-corrected chi connectivity index (χ2v) is 11.4. The quantitative estimate of drug-likeness (QED) is 0.202. The van der Waals surface area contributed by atoms with Crippen LogP contribution in [-0.2, 0) is 0 Å². The first-order valence-corrected chi connectivity index (χ1v) is 15.0. The van der Waals surface area contributed by atoms with Crippen molar-refractivity contribution in [2.24, 2.45) is 0 Å². The Morgan fingerprint density at radius 3 is 1.70 bits per heavy atom. The van der Waals surface area contributed by atoms with Crippen LogP contribution in [0.4, 0.5) is 0 Å². The number of hydrogen-bond acceptors (Lipinski definition) is 2. The van der Waals surface area contributed by atoms with E-state index in [0.29, 0.717) is 0 Å². The maximum atomic E-state index is 5.25. The molecular formula is C42H26N2. The maximum Gasteiger partial charge on any atom is 0.0973 e. The van der Waals surface area contributed by atoms with Crippen molar-refractivity contribution in [3.8, 4) is 33.6 Å². The summed E-state index contributed by atoms with van der Waals surface area (Å²) in [5.74, 6) is 0. The Balaban J connectivity index is 1.32. The Bertz CT molecular complexity index is 2550. The summed E-state index contributed by atoms with van der Waals surface area (Å²) in [6, 6.07) is 56.2. The molecule has 0 fully saturated rings. The molecule has 0 aliphatic carbocycles. The highest BCUT2D eigenvalue weighted by Gasteiger charge is 2.16. The average molecular weight is 559 g/mol. The van der Waals surface area contributed by atoms with Crippen LogP contribution in [0.25, 0.3) is 87.8 Å². The number of benzene rings is 8. The molecule has 9 rings (SSSR count). The Morgan fingerprint density at radius 2 is 0.864 bits per heavy atom. The molecule has 1 aromatic heterocycles. The number of rotatable bonds is 3. The molecule has 0 saturated heterocycles. The number of fused-ring (bicyclic) bond motifs is 8. The minimum Gasteiger partial charge on any atom is -0.244 e. The second kappa shape index (κ2) is 9.86. The Hall–Kier alpha value is -5.86. The molecule has 0 aliphatic rings. The van der Waals surface area contributed by atoms with Crippen LogP contribution in [0.2, 0.25) is 0 Å². The molecule has 8 aromatic carbocycles. The van der Waals surface area contributed by atoms with Crippen LogP contribution < -0.4 is 0 Å². The molecule has 0 aliphatic heterocycles. The highest BCUT2D eigenvalue weighted by Crippen LogP contribution is 2.39. The van der Waals surface area contributed by atoms with Crippen molar-refractivity contribution < 1.29 is 0 Å². The van der Waals surface area contributed by atoms with Gasteiger partial charge in [-0.3, -0.25) is 0 Å². The maximum absolute atomic E-state index is 5.25. The number of aromatic nitrogens is 2. The zero-order chi connectivity index (χ0) is 29.0. The van der Waals surface area contributed by atoms with Gasteiger partial charge in [0, 0.05) is 11.1 Å². The van der Waals surface area contributed by atoms with Gasteiger partial charge in [-0.2, -0.15) is 0 Å². The molecule has 1 heterocycles. The van der Waals surface area contributed by atoms with Gasteiger partial charge in [0.1, 0.15) is 0 Å². The molecule has 9 aromatic rings. The van der Waals surface area contributed by atoms with Gasteiger partial charge in [-0.15, -0.1) is 0 Å². The van der Waals surface area contributed by atoms with Crippen molar-refractivity contribution in [3.63, 3.8) is 0 Å². The minimum absolute atomic E-state index is 0.886. The van der Waals surface area contributed by atoms with E-state index in [2.05, 4.69) is 133 Å². The third-order valence-corrected chi connectivity index (χ3v) is 8.81. The zero-order valence-corrected chi connectivity index (χ0v) is 23.9. The first-order chi connectivity index (χ1) is 21.8. The molecule has 0 bridgehead atoms. The van der Waals surface area contributed by atoms with Gasteiger partial charge in [-0.25, -0.2) is 9.97 Å². The van der Waals surface area contributed by atoms with Gasteiger partial charge in [0.2, 0.25) is 0 Å². The number of para-hydroxylation sites is 2. The summed E-state index contributed by atoms with van der Waals surface area (Å²) < 4.78 is 0. The molecule has 0 radical (unpaired) electrons. The van der Waals surface area contributed by atoms with Crippen molar-refractivity contribution in [3.05, 3.63) is 158 Å². The molecule has 0 saturated carbocycles. The highest BCUT2D eigenvalue weighted by atomic mass is 14.8. The lowest BCUT2D eigenvalue weighted by Crippen LogP contribution is -1.96. The van der Waals surface area contributed by atoms with E-state index in [-0.39, 0.29) is 0 Å². The zero-order valence-electron chi connectivity index (χ0n) is 23.9. The molecule has 44 heavy (non-hydrogen) atoms. The number of nitrogens with zero attached hydrogens (tertiary/aromatic N) is 2. The molecule has 0 spiro atoms. The summed E-state index contributed by atoms with van der Waals surface area (Å²) in [4.78, 5) is 10.5. The molecule has 0 unspecified atom stereocenters. The lowest BCUT2D eigenvalue weighted by atomic mass is 9.92. The van der Waals surface area contributed by atoms with Crippen LogP contribution in [0.5, 0.6) is 0 Å². The predicted molar refractivity (Wildman–Crippen MR) is 186 cm³/mol. The standard InChI is InChI=1S/C42H26N2/c1-2-9-27(10-3-1)31-12-8-13-32(25-31)41-42(44-39-16-7-6-15-38(39)43-41)33-20-18-29-17-19-30-22-23-35-34-14-5-4-11-28(34)21-24-36(35)40(30)37(29)26-33/h1-26H. The molecule has 0 amide bonds. The van der Waals surface area contributed by atoms with Gasteiger partial charge in [-0.1, -0.05) is 133 Å². The Kier molecular flexibility index (Phi) is 5.54. The molecule has 0 atom stereocenters. The number of hydrogen-bond donors (Lipinski definition) is 0. The van der Waals surface area contributed by atoms with Crippen LogP contribution in [0.1, 0.15) is 0 Å². The largest absolute Gasteiger partial charge is 0.244 e. The van der Waals surface area contributed by atoms with E-state index < -0.39 is 0 Å². The van der Waals surface area contributed by atoms with Crippen LogP contribution in [-0.4, -0.2) is 9.97 Å². The van der Waals surface area contributed by atoms with Crippen LogP contribution in [0.15, 0.2) is 158 Å². The van der Waals surface area contributed by atoms with E-state index in [4.69, 9.17) is 9.97 Å². The van der Waals surface area contributed by atoms with Crippen molar-refractivity contribution >= 4 is 54.1 Å². The fraction of sp³-hybridized carbons (Fsp3) is 0. The Labute approximate surface area is 254 Å². The minimum atomic E-state index is 0.886. The molecule has 0 N–H and O–H groups in total. The fourth-order valence-corrected chi connectivity index (χ4v) is 6.67. The van der Waals surface area contributed by atoms with E-state index in [1.165, 1.54) is 48.7 Å². The van der Waals surface area contributed by atoms with Crippen LogP contribution in [0.3, 0.4) is 0 Å². The van der Waals surface area contributed by atoms with Gasteiger partial charge in [-0.05, 0) is 78.5 Å². The van der Waals surface area contributed by atoms with E-state index >= 15 is 0 Å². The predicted octanol–water partition coefficient (Wildman–Crippen LogP) is 11.2. The first-order valence-electron chi connectivity index (χ1n) is 15.0. The van der Waals surface area contributed by atoms with E-state index in [9.17, 15) is 0 Å². The molecule has 204 valence electrons. The second-order valence-electron chi connectivity index (χ2n) is 11.4. The third kappa shape index (κ3) is 3.96. The molecule has 2 heteroatoms.